The van der Waals surface area contributed by atoms with Crippen molar-refractivity contribution in [2.24, 2.45) is 0 Å². The van der Waals surface area contributed by atoms with Crippen LogP contribution in [-0.2, 0) is 30.2 Å². The van der Waals surface area contributed by atoms with Crippen LogP contribution in [0.4, 0.5) is 45.3 Å². The topological polar surface area (TPSA) is 192 Å². The molecular weight excluding hydrogens is 1330 g/mol. The monoisotopic (exact) mass is 1350 g/mol. The van der Waals surface area contributed by atoms with Crippen molar-refractivity contribution < 1.29 is 74.1 Å². The van der Waals surface area contributed by atoms with Gasteiger partial charge in [-0.3, -0.25) is 18.7 Å². The van der Waals surface area contributed by atoms with E-state index in [2.05, 4.69) is 9.17 Å². The van der Waals surface area contributed by atoms with Crippen molar-refractivity contribution in [3.63, 3.8) is 0 Å². The first-order valence-electron chi connectivity index (χ1n) is 22.0. The summed E-state index contributed by atoms with van der Waals surface area (Å²) < 4.78 is 187. The molecule has 9 rings (SSSR count). The van der Waals surface area contributed by atoms with E-state index >= 15 is 0 Å². The predicted molar refractivity (Wildman–Crippen MR) is 299 cm³/mol. The third-order valence-corrected chi connectivity index (χ3v) is 17.7. The number of rotatable bonds is 9. The summed E-state index contributed by atoms with van der Waals surface area (Å²) in [6.07, 6.45) is 0.474. The van der Waals surface area contributed by atoms with Gasteiger partial charge in [-0.1, -0.05) is 130 Å². The number of anilines is 1. The molecule has 0 unspecified atom stereocenters. The first-order chi connectivity index (χ1) is 38.5. The van der Waals surface area contributed by atoms with Crippen molar-refractivity contribution in [1.29, 1.82) is 0 Å². The molecule has 0 radical (unpaired) electrons. The van der Waals surface area contributed by atoms with Gasteiger partial charge in [-0.2, -0.15) is 64.8 Å². The molecule has 9 aromatic rings. The summed E-state index contributed by atoms with van der Waals surface area (Å²) in [4.78, 5) is 28.5. The highest BCUT2D eigenvalue weighted by molar-refractivity contribution is 8.11. The fraction of sp³-hybridized carbons (Fsp3) is 0.0600. The molecular formula is C50H26Cl7F9N4O10S3. The van der Waals surface area contributed by atoms with E-state index in [0.29, 0.717) is 55.0 Å². The number of para-hydroxylation sites is 2. The molecule has 0 aliphatic rings. The largest absolute Gasteiger partial charge is 0.534 e. The lowest BCUT2D eigenvalue weighted by atomic mass is 9.99. The minimum absolute atomic E-state index is 0.0000502. The maximum absolute atomic E-state index is 13.0. The first kappa shape index (κ1) is 64.1. The zero-order chi connectivity index (χ0) is 61.5. The van der Waals surface area contributed by atoms with Crippen LogP contribution in [0.1, 0.15) is 0 Å². The van der Waals surface area contributed by atoms with Crippen LogP contribution in [-0.4, -0.2) is 61.0 Å². The fourth-order valence-electron chi connectivity index (χ4n) is 7.58. The van der Waals surface area contributed by atoms with Crippen molar-refractivity contribution >= 4 is 139 Å². The second-order valence-electron chi connectivity index (χ2n) is 16.4. The number of pyridine rings is 3. The van der Waals surface area contributed by atoms with Crippen molar-refractivity contribution in [1.82, 2.24) is 14.1 Å². The number of hydrogen-bond donors (Lipinski definition) is 1. The van der Waals surface area contributed by atoms with E-state index in [4.69, 9.17) is 81.2 Å². The lowest BCUT2D eigenvalue weighted by Crippen LogP contribution is -2.49. The summed E-state index contributed by atoms with van der Waals surface area (Å²) in [5.74, 6) is -2.33. The fourth-order valence-corrected chi connectivity index (χ4v) is 12.4. The number of nitrogens with zero attached hydrogens (tertiary/aromatic N) is 4. The van der Waals surface area contributed by atoms with Gasteiger partial charge in [0.1, 0.15) is 11.5 Å². The lowest BCUT2D eigenvalue weighted by Gasteiger charge is -2.24. The number of hydrogen-bond acceptors (Lipinski definition) is 11. The van der Waals surface area contributed by atoms with Crippen molar-refractivity contribution in [3.05, 3.63) is 208 Å². The zero-order valence-electron chi connectivity index (χ0n) is 40.1. The normalized spacial score (nSPS) is 12.3. The number of sulfonamides is 2. The molecule has 0 fully saturated rings. The number of phenolic OH excluding ortho intramolecular Hbond substituents is 1. The Morgan fingerprint density at radius 3 is 1.24 bits per heavy atom. The summed E-state index contributed by atoms with van der Waals surface area (Å²) >= 11 is 43.2. The van der Waals surface area contributed by atoms with Gasteiger partial charge in [0.2, 0.25) is 0 Å². The molecule has 0 amide bonds. The molecule has 0 saturated carbocycles. The molecule has 6 aromatic carbocycles. The van der Waals surface area contributed by atoms with Crippen LogP contribution >= 0.6 is 81.2 Å². The smallest absolute Gasteiger partial charge is 0.508 e. The van der Waals surface area contributed by atoms with E-state index in [1.807, 2.05) is 18.2 Å². The van der Waals surface area contributed by atoms with E-state index < -0.39 is 67.5 Å². The van der Waals surface area contributed by atoms with E-state index in [9.17, 15) is 79.5 Å². The standard InChI is InChI=1S/C22H11Cl3F3NO4S.C21H12Cl3NO2.C7H3ClF6N2O4S2/c23-16-5-2-1-4-13(16)15-10-12(33-34(31,32)22(26,27)28)11-19-14(15)8-9-20(30)29(19)21-17(24)6-3-7-18(21)25;22-16-5-2-1-4-13(16)15-10-12(26)11-19-14(15)8-9-20(27)25(19)21-17(23)6-3-7-18(21)24;8-4-1-2-5(15-3-4)16(21(17,18)6(9,10)11)22(19,20)7(12,13)14/h1-11H;1-11,26H;1-3H. The maximum atomic E-state index is 13.0. The molecule has 436 valence electrons. The van der Waals surface area contributed by atoms with Crippen LogP contribution in [0.15, 0.2) is 161 Å². The summed E-state index contributed by atoms with van der Waals surface area (Å²) in [6, 6.07) is 35.2. The summed E-state index contributed by atoms with van der Waals surface area (Å²) in [6.45, 7) is 0. The summed E-state index contributed by atoms with van der Waals surface area (Å²) in [5, 5.41) is 12.7. The average Bonchev–Trinajstić information content (AvgIpc) is 3.38. The minimum Gasteiger partial charge on any atom is -0.508 e. The number of fused-ring (bicyclic) bond motifs is 2. The highest BCUT2D eigenvalue weighted by Gasteiger charge is 2.62. The highest BCUT2D eigenvalue weighted by atomic mass is 35.5. The molecule has 0 aliphatic carbocycles. The van der Waals surface area contributed by atoms with Gasteiger partial charge in [0.05, 0.1) is 47.5 Å². The zero-order valence-corrected chi connectivity index (χ0v) is 47.9. The van der Waals surface area contributed by atoms with Crippen LogP contribution in [0.2, 0.25) is 35.2 Å². The van der Waals surface area contributed by atoms with Gasteiger partial charge in [0, 0.05) is 62.4 Å². The molecule has 0 aliphatic heterocycles. The Bertz CT molecular complexity index is 4420. The van der Waals surface area contributed by atoms with Crippen LogP contribution < -0.4 is 19.0 Å². The Morgan fingerprint density at radius 1 is 0.458 bits per heavy atom. The van der Waals surface area contributed by atoms with Gasteiger partial charge >= 0.3 is 46.7 Å². The summed E-state index contributed by atoms with van der Waals surface area (Å²) in [5.41, 5.74) is -16.3. The maximum Gasteiger partial charge on any atom is 0.534 e. The Hall–Kier alpha value is -6.46. The summed E-state index contributed by atoms with van der Waals surface area (Å²) in [7, 11) is -19.9. The second kappa shape index (κ2) is 24.3. The number of benzene rings is 6. The number of aromatic hydroxyl groups is 1. The molecule has 0 atom stereocenters. The van der Waals surface area contributed by atoms with E-state index in [0.717, 1.165) is 27.6 Å². The Kier molecular flexibility index (Phi) is 18.7. The first-order valence-corrected chi connectivity index (χ1v) is 29.0. The van der Waals surface area contributed by atoms with E-state index in [-0.39, 0.29) is 54.2 Å². The van der Waals surface area contributed by atoms with Gasteiger partial charge in [0.15, 0.2) is 5.82 Å². The Balaban J connectivity index is 0.000000184. The number of phenols is 1. The second-order valence-corrected chi connectivity index (χ2v) is 24.6. The van der Waals surface area contributed by atoms with Crippen LogP contribution in [0.25, 0.3) is 55.4 Å². The van der Waals surface area contributed by atoms with Crippen LogP contribution in [0.3, 0.4) is 0 Å². The van der Waals surface area contributed by atoms with Gasteiger partial charge in [0.25, 0.3) is 11.1 Å². The van der Waals surface area contributed by atoms with Gasteiger partial charge in [-0.05, 0) is 83.9 Å². The van der Waals surface area contributed by atoms with Crippen molar-refractivity contribution in [2.75, 3.05) is 3.71 Å². The molecule has 3 aromatic heterocycles. The van der Waals surface area contributed by atoms with Gasteiger partial charge < -0.3 is 9.29 Å². The van der Waals surface area contributed by atoms with Crippen LogP contribution in [0, 0.1) is 0 Å². The van der Waals surface area contributed by atoms with Crippen LogP contribution in [0.5, 0.6) is 11.5 Å². The predicted octanol–water partition coefficient (Wildman–Crippen LogP) is 15.4. The molecule has 0 saturated heterocycles. The van der Waals surface area contributed by atoms with E-state index in [1.54, 1.807) is 66.7 Å². The SMILES string of the molecule is O=S(=O)(N(c1ccc(Cl)cn1)S(=O)(=O)C(F)(F)F)C(F)(F)F.O=c1ccc2c(-c3ccccc3Cl)cc(O)cc2n1-c1c(Cl)cccc1Cl.O=c1ccc2c(-c3ccccc3Cl)cc(OS(=O)(=O)C(F)(F)F)cc2n1-c1c(Cl)cccc1Cl. The van der Waals surface area contributed by atoms with Gasteiger partial charge in [-0.25, -0.2) is 4.98 Å². The molecule has 33 heteroatoms. The third kappa shape index (κ3) is 13.3. The van der Waals surface area contributed by atoms with Crippen molar-refractivity contribution in [3.8, 4) is 45.1 Å². The van der Waals surface area contributed by atoms with Crippen molar-refractivity contribution in [2.45, 2.75) is 16.5 Å². The number of aromatic nitrogens is 3. The molecule has 14 nitrogen and oxygen atoms in total. The molecule has 0 bridgehead atoms. The number of alkyl halides is 9. The minimum atomic E-state index is -6.93. The molecule has 3 heterocycles. The number of halogens is 16. The average molecular weight is 1360 g/mol. The Labute approximate surface area is 496 Å². The quantitative estimate of drug-likeness (QED) is 0.0821. The molecule has 1 N–H and O–H groups in total. The van der Waals surface area contributed by atoms with Gasteiger partial charge in [-0.15, -0.1) is 3.71 Å². The third-order valence-electron chi connectivity index (χ3n) is 11.0. The highest BCUT2D eigenvalue weighted by Crippen LogP contribution is 2.42. The molecule has 0 spiro atoms. The lowest BCUT2D eigenvalue weighted by molar-refractivity contribution is -0.0501. The van der Waals surface area contributed by atoms with E-state index in [1.165, 1.54) is 41.0 Å². The molecule has 83 heavy (non-hydrogen) atoms. The Morgan fingerprint density at radius 2 is 0.855 bits per heavy atom.